The highest BCUT2D eigenvalue weighted by Crippen LogP contribution is 2.24. The van der Waals surface area contributed by atoms with Gasteiger partial charge in [-0.3, -0.25) is 0 Å². The molecule has 0 spiro atoms. The SMILES string of the molecule is Cc1ccc(F)c(N2CCC[C@H](NC(=O)NC[C@@H](C)CCO)C2)c1. The summed E-state index contributed by atoms with van der Waals surface area (Å²) in [6.45, 7) is 6.01. The molecule has 3 N–H and O–H groups in total. The zero-order valence-corrected chi connectivity index (χ0v) is 14.5. The highest BCUT2D eigenvalue weighted by atomic mass is 19.1. The van der Waals surface area contributed by atoms with E-state index in [-0.39, 0.29) is 30.4 Å². The van der Waals surface area contributed by atoms with Gasteiger partial charge in [0.05, 0.1) is 5.69 Å². The minimum Gasteiger partial charge on any atom is -0.396 e. The molecule has 24 heavy (non-hydrogen) atoms. The van der Waals surface area contributed by atoms with Crippen LogP contribution in [0.15, 0.2) is 18.2 Å². The number of carbonyl (C=O) groups is 1. The Kier molecular flexibility index (Phi) is 6.85. The fraction of sp³-hybridized carbons (Fsp3) is 0.611. The summed E-state index contributed by atoms with van der Waals surface area (Å²) in [7, 11) is 0. The molecule has 1 aromatic rings. The topological polar surface area (TPSA) is 64.6 Å². The van der Waals surface area contributed by atoms with Gasteiger partial charge in [-0.2, -0.15) is 0 Å². The van der Waals surface area contributed by atoms with Gasteiger partial charge in [0.1, 0.15) is 5.82 Å². The van der Waals surface area contributed by atoms with Crippen molar-refractivity contribution in [2.45, 2.75) is 39.2 Å². The minimum atomic E-state index is -0.219. The Hall–Kier alpha value is -1.82. The molecule has 134 valence electrons. The normalized spacial score (nSPS) is 19.0. The average Bonchev–Trinajstić information content (AvgIpc) is 2.56. The van der Waals surface area contributed by atoms with Crippen LogP contribution in [0.2, 0.25) is 0 Å². The second-order valence-corrected chi connectivity index (χ2v) is 6.71. The minimum absolute atomic E-state index is 0.00631. The van der Waals surface area contributed by atoms with Crippen molar-refractivity contribution in [3.05, 3.63) is 29.6 Å². The van der Waals surface area contributed by atoms with Crippen LogP contribution in [0.3, 0.4) is 0 Å². The molecule has 1 aliphatic heterocycles. The monoisotopic (exact) mass is 337 g/mol. The number of rotatable bonds is 6. The molecule has 1 fully saturated rings. The number of aliphatic hydroxyl groups excluding tert-OH is 1. The number of hydrogen-bond donors (Lipinski definition) is 3. The molecule has 0 saturated carbocycles. The second kappa shape index (κ2) is 8.87. The maximum Gasteiger partial charge on any atom is 0.315 e. The number of halogens is 1. The highest BCUT2D eigenvalue weighted by molar-refractivity contribution is 5.74. The van der Waals surface area contributed by atoms with Gasteiger partial charge >= 0.3 is 6.03 Å². The van der Waals surface area contributed by atoms with E-state index in [1.807, 2.05) is 24.8 Å². The fourth-order valence-electron chi connectivity index (χ4n) is 3.00. The molecule has 6 heteroatoms. The van der Waals surface area contributed by atoms with E-state index < -0.39 is 0 Å². The van der Waals surface area contributed by atoms with Crippen LogP contribution in [0, 0.1) is 18.7 Å². The summed E-state index contributed by atoms with van der Waals surface area (Å²) in [6, 6.07) is 4.92. The van der Waals surface area contributed by atoms with Crippen LogP contribution in [0.5, 0.6) is 0 Å². The molecule has 5 nitrogen and oxygen atoms in total. The molecule has 1 heterocycles. The number of nitrogens with zero attached hydrogens (tertiary/aromatic N) is 1. The Morgan fingerprint density at radius 2 is 2.29 bits per heavy atom. The van der Waals surface area contributed by atoms with Gasteiger partial charge in [-0.05, 0) is 49.8 Å². The van der Waals surface area contributed by atoms with Gasteiger partial charge < -0.3 is 20.6 Å². The number of aliphatic hydroxyl groups is 1. The molecule has 0 bridgehead atoms. The zero-order chi connectivity index (χ0) is 17.5. The number of nitrogens with one attached hydrogen (secondary N) is 2. The lowest BCUT2D eigenvalue weighted by molar-refractivity contribution is 0.229. The highest BCUT2D eigenvalue weighted by Gasteiger charge is 2.23. The first-order valence-corrected chi connectivity index (χ1v) is 8.66. The molecule has 0 unspecified atom stereocenters. The summed E-state index contributed by atoms with van der Waals surface area (Å²) in [6.07, 6.45) is 2.48. The largest absolute Gasteiger partial charge is 0.396 e. The van der Waals surface area contributed by atoms with E-state index in [0.717, 1.165) is 24.9 Å². The van der Waals surface area contributed by atoms with Crippen molar-refractivity contribution in [1.82, 2.24) is 10.6 Å². The Morgan fingerprint density at radius 3 is 3.04 bits per heavy atom. The molecular weight excluding hydrogens is 309 g/mol. The second-order valence-electron chi connectivity index (χ2n) is 6.71. The molecule has 1 aliphatic rings. The Labute approximate surface area is 143 Å². The van der Waals surface area contributed by atoms with E-state index >= 15 is 0 Å². The molecule has 2 amide bonds. The van der Waals surface area contributed by atoms with Gasteiger partial charge in [-0.1, -0.05) is 13.0 Å². The Bertz CT molecular complexity index is 553. The predicted molar refractivity (Wildman–Crippen MR) is 93.8 cm³/mol. The van der Waals surface area contributed by atoms with Crippen molar-refractivity contribution in [1.29, 1.82) is 0 Å². The first kappa shape index (κ1) is 18.5. The number of anilines is 1. The number of benzene rings is 1. The fourth-order valence-corrected chi connectivity index (χ4v) is 3.00. The van der Waals surface area contributed by atoms with Crippen molar-refractivity contribution in [2.24, 2.45) is 5.92 Å². The number of amides is 2. The number of urea groups is 1. The molecule has 2 atom stereocenters. The van der Waals surface area contributed by atoms with E-state index in [0.29, 0.717) is 25.2 Å². The zero-order valence-electron chi connectivity index (χ0n) is 14.5. The van der Waals surface area contributed by atoms with Crippen LogP contribution < -0.4 is 15.5 Å². The van der Waals surface area contributed by atoms with E-state index in [2.05, 4.69) is 10.6 Å². The van der Waals surface area contributed by atoms with E-state index in [9.17, 15) is 9.18 Å². The van der Waals surface area contributed by atoms with Crippen molar-refractivity contribution >= 4 is 11.7 Å². The summed E-state index contributed by atoms with van der Waals surface area (Å²) in [5.74, 6) is 0.0218. The van der Waals surface area contributed by atoms with Crippen molar-refractivity contribution in [3.63, 3.8) is 0 Å². The lowest BCUT2D eigenvalue weighted by Gasteiger charge is -2.35. The Balaban J connectivity index is 1.86. The number of aryl methyl sites for hydroxylation is 1. The number of hydrogen-bond acceptors (Lipinski definition) is 3. The van der Waals surface area contributed by atoms with E-state index in [1.54, 1.807) is 6.07 Å². The lowest BCUT2D eigenvalue weighted by Crippen LogP contribution is -2.51. The summed E-state index contributed by atoms with van der Waals surface area (Å²) in [5, 5.41) is 14.7. The van der Waals surface area contributed by atoms with E-state index in [4.69, 9.17) is 5.11 Å². The summed E-state index contributed by atoms with van der Waals surface area (Å²) in [5.41, 5.74) is 1.63. The van der Waals surface area contributed by atoms with Crippen LogP contribution in [-0.2, 0) is 0 Å². The Morgan fingerprint density at radius 1 is 1.50 bits per heavy atom. The third-order valence-corrected chi connectivity index (χ3v) is 4.43. The summed E-state index contributed by atoms with van der Waals surface area (Å²) < 4.78 is 14.1. The number of piperidine rings is 1. The molecule has 0 aromatic heterocycles. The van der Waals surface area contributed by atoms with Gasteiger partial charge in [0.15, 0.2) is 0 Å². The third-order valence-electron chi connectivity index (χ3n) is 4.43. The van der Waals surface area contributed by atoms with Gasteiger partial charge in [0.2, 0.25) is 0 Å². The molecule has 0 aliphatic carbocycles. The molecule has 0 radical (unpaired) electrons. The third kappa shape index (κ3) is 5.37. The maximum absolute atomic E-state index is 14.1. The number of carbonyl (C=O) groups excluding carboxylic acids is 1. The molecule has 2 rings (SSSR count). The van der Waals surface area contributed by atoms with Gasteiger partial charge in [0.25, 0.3) is 0 Å². The predicted octanol–water partition coefficient (Wildman–Crippen LogP) is 2.42. The maximum atomic E-state index is 14.1. The molecular formula is C18H28FN3O2. The molecule has 1 aromatic carbocycles. The summed E-state index contributed by atoms with van der Waals surface area (Å²) in [4.78, 5) is 14.0. The van der Waals surface area contributed by atoms with Crippen LogP contribution in [0.4, 0.5) is 14.9 Å². The van der Waals surface area contributed by atoms with Gasteiger partial charge in [0, 0.05) is 32.3 Å². The van der Waals surface area contributed by atoms with E-state index in [1.165, 1.54) is 6.07 Å². The van der Waals surface area contributed by atoms with Crippen LogP contribution in [0.1, 0.15) is 31.7 Å². The van der Waals surface area contributed by atoms with Crippen molar-refractivity contribution < 1.29 is 14.3 Å². The quantitative estimate of drug-likeness (QED) is 0.747. The van der Waals surface area contributed by atoms with Crippen LogP contribution in [-0.4, -0.2) is 43.4 Å². The smallest absolute Gasteiger partial charge is 0.315 e. The van der Waals surface area contributed by atoms with Crippen LogP contribution >= 0.6 is 0 Å². The standard InChI is InChI=1S/C18H28FN3O2/c1-13-5-6-16(19)17(10-13)22-8-3-4-15(12-22)21-18(24)20-11-14(2)7-9-23/h5-6,10,14-15,23H,3-4,7-9,11-12H2,1-2H3,(H2,20,21,24)/t14-,15-/m0/s1. The lowest BCUT2D eigenvalue weighted by atomic mass is 10.0. The first-order chi connectivity index (χ1) is 11.5. The summed E-state index contributed by atoms with van der Waals surface area (Å²) >= 11 is 0. The van der Waals surface area contributed by atoms with Gasteiger partial charge in [-0.25, -0.2) is 9.18 Å². The average molecular weight is 337 g/mol. The van der Waals surface area contributed by atoms with Crippen LogP contribution in [0.25, 0.3) is 0 Å². The first-order valence-electron chi connectivity index (χ1n) is 8.66. The van der Waals surface area contributed by atoms with Crippen molar-refractivity contribution in [3.8, 4) is 0 Å². The van der Waals surface area contributed by atoms with Gasteiger partial charge in [-0.15, -0.1) is 0 Å². The molecule has 1 saturated heterocycles. The van der Waals surface area contributed by atoms with Crippen molar-refractivity contribution in [2.75, 3.05) is 31.1 Å².